The summed E-state index contributed by atoms with van der Waals surface area (Å²) in [6.45, 7) is 16.0. The Morgan fingerprint density at radius 3 is 2.14 bits per heavy atom. The molecule has 0 bridgehead atoms. The topological polar surface area (TPSA) is 69.7 Å². The van der Waals surface area contributed by atoms with Gasteiger partial charge in [0, 0.05) is 18.8 Å². The number of carbonyl (C=O) groups is 3. The third kappa shape index (κ3) is 3.89. The molecule has 0 aromatic rings. The predicted octanol–water partition coefficient (Wildman–Crippen LogP) is 6.37. The first kappa shape index (κ1) is 26.7. The number of ether oxygens (including phenoxy) is 2. The maximum atomic E-state index is 12.4. The first-order valence-electron chi connectivity index (χ1n) is 14.0. The van der Waals surface area contributed by atoms with Gasteiger partial charge in [-0.3, -0.25) is 9.59 Å². The lowest BCUT2D eigenvalue weighted by molar-refractivity contribution is -0.209. The van der Waals surface area contributed by atoms with Crippen molar-refractivity contribution in [3.63, 3.8) is 0 Å². The van der Waals surface area contributed by atoms with E-state index in [2.05, 4.69) is 46.3 Å². The van der Waals surface area contributed by atoms with Gasteiger partial charge in [-0.25, -0.2) is 4.79 Å². The number of esters is 2. The van der Waals surface area contributed by atoms with Crippen LogP contribution in [0.1, 0.15) is 106 Å². The number of hydrogen-bond acceptors (Lipinski definition) is 5. The molecule has 5 nitrogen and oxygen atoms in total. The van der Waals surface area contributed by atoms with Crippen LogP contribution in [-0.4, -0.2) is 30.9 Å². The van der Waals surface area contributed by atoms with Gasteiger partial charge in [-0.05, 0) is 97.2 Å². The minimum atomic E-state index is -0.704. The largest absolute Gasteiger partial charge is 0.463 e. The highest BCUT2D eigenvalue weighted by molar-refractivity contribution is 6.33. The Hall–Kier alpha value is -1.39. The van der Waals surface area contributed by atoms with E-state index in [0.29, 0.717) is 30.1 Å². The van der Waals surface area contributed by atoms with Gasteiger partial charge in [0.05, 0.1) is 7.11 Å². The molecule has 0 aromatic heterocycles. The van der Waals surface area contributed by atoms with Crippen LogP contribution in [0.5, 0.6) is 0 Å². The molecule has 4 saturated carbocycles. The van der Waals surface area contributed by atoms with Gasteiger partial charge >= 0.3 is 11.9 Å². The molecule has 0 heterocycles. The lowest BCUT2D eigenvalue weighted by Crippen LogP contribution is -2.62. The zero-order valence-corrected chi connectivity index (χ0v) is 23.4. The van der Waals surface area contributed by atoms with Crippen molar-refractivity contribution in [2.45, 2.75) is 112 Å². The molecule has 0 saturated heterocycles. The van der Waals surface area contributed by atoms with Crippen LogP contribution in [0.15, 0.2) is 0 Å². The average molecular weight is 489 g/mol. The van der Waals surface area contributed by atoms with Gasteiger partial charge in [0.1, 0.15) is 6.10 Å². The van der Waals surface area contributed by atoms with Crippen LogP contribution in [0.3, 0.4) is 0 Å². The predicted molar refractivity (Wildman–Crippen MR) is 135 cm³/mol. The van der Waals surface area contributed by atoms with Crippen LogP contribution in [0.2, 0.25) is 0 Å². The van der Waals surface area contributed by atoms with E-state index in [0.717, 1.165) is 19.3 Å². The fourth-order valence-electron chi connectivity index (χ4n) is 10.5. The Kier molecular flexibility index (Phi) is 6.76. The molecule has 4 fully saturated rings. The molecule has 3 unspecified atom stereocenters. The fraction of sp³-hybridized carbons (Fsp3) is 0.900. The van der Waals surface area contributed by atoms with Gasteiger partial charge in [-0.15, -0.1) is 0 Å². The molecule has 5 heteroatoms. The number of rotatable bonds is 5. The molecule has 0 radical (unpaired) electrons. The highest BCUT2D eigenvalue weighted by Crippen LogP contribution is 2.74. The molecule has 0 aliphatic heterocycles. The first-order chi connectivity index (χ1) is 16.2. The molecule has 4 aliphatic carbocycles. The van der Waals surface area contributed by atoms with Crippen LogP contribution >= 0.6 is 0 Å². The Bertz CT molecular complexity index is 878. The number of carbonyl (C=O) groups excluding carboxylic acids is 3. The SMILES string of the molecule is COC(=O)C(=O)C[C@@H](C)[C@H]1CC[C@@]2(C)C3CCC4C(C)(C)[C@@H](OC(C)=O)CC[C@]4(C)C3CC[C@]12C. The monoisotopic (exact) mass is 488 g/mol. The third-order valence-corrected chi connectivity index (χ3v) is 12.4. The van der Waals surface area contributed by atoms with Crippen molar-refractivity contribution in [1.29, 1.82) is 0 Å². The molecule has 198 valence electrons. The molecular weight excluding hydrogens is 440 g/mol. The van der Waals surface area contributed by atoms with E-state index < -0.39 is 5.97 Å². The number of hydrogen-bond donors (Lipinski definition) is 0. The summed E-state index contributed by atoms with van der Waals surface area (Å²) < 4.78 is 10.5. The maximum absolute atomic E-state index is 12.4. The van der Waals surface area contributed by atoms with E-state index in [1.54, 1.807) is 6.92 Å². The second-order valence-electron chi connectivity index (χ2n) is 13.9. The van der Waals surface area contributed by atoms with E-state index in [9.17, 15) is 14.4 Å². The Morgan fingerprint density at radius 1 is 0.857 bits per heavy atom. The third-order valence-electron chi connectivity index (χ3n) is 12.4. The number of fused-ring (bicyclic) bond motifs is 5. The normalized spacial score (nSPS) is 44.9. The molecule has 35 heavy (non-hydrogen) atoms. The van der Waals surface area contributed by atoms with Gasteiger partial charge in [-0.2, -0.15) is 0 Å². The van der Waals surface area contributed by atoms with Crippen molar-refractivity contribution in [2.24, 2.45) is 51.2 Å². The average Bonchev–Trinajstić information content (AvgIpc) is 3.06. The van der Waals surface area contributed by atoms with Crippen LogP contribution in [0, 0.1) is 51.2 Å². The van der Waals surface area contributed by atoms with Crippen molar-refractivity contribution in [1.82, 2.24) is 0 Å². The van der Waals surface area contributed by atoms with Crippen molar-refractivity contribution >= 4 is 17.7 Å². The molecule has 0 N–H and O–H groups in total. The Balaban J connectivity index is 1.57. The summed E-state index contributed by atoms with van der Waals surface area (Å²) >= 11 is 0. The molecule has 0 aromatic carbocycles. The highest BCUT2D eigenvalue weighted by atomic mass is 16.5. The lowest BCUT2D eigenvalue weighted by Gasteiger charge is -2.67. The Morgan fingerprint density at radius 2 is 1.51 bits per heavy atom. The van der Waals surface area contributed by atoms with Gasteiger partial charge in [0.15, 0.2) is 0 Å². The summed E-state index contributed by atoms with van der Waals surface area (Å²) in [4.78, 5) is 35.9. The van der Waals surface area contributed by atoms with E-state index in [-0.39, 0.29) is 45.4 Å². The zero-order valence-electron chi connectivity index (χ0n) is 23.4. The molecule has 4 rings (SSSR count). The summed E-state index contributed by atoms with van der Waals surface area (Å²) in [5.41, 5.74) is 0.718. The van der Waals surface area contributed by atoms with Crippen molar-refractivity contribution < 1.29 is 23.9 Å². The second kappa shape index (κ2) is 8.87. The fourth-order valence-corrected chi connectivity index (χ4v) is 10.5. The van der Waals surface area contributed by atoms with E-state index in [1.165, 1.54) is 39.2 Å². The minimum Gasteiger partial charge on any atom is -0.463 e. The number of ketones is 1. The molecule has 0 amide bonds. The van der Waals surface area contributed by atoms with Gasteiger partial charge < -0.3 is 9.47 Å². The number of Topliss-reactive ketones (excluding diaryl/α,β-unsaturated/α-hetero) is 1. The van der Waals surface area contributed by atoms with Gasteiger partial charge in [0.25, 0.3) is 0 Å². The standard InChI is InChI=1S/C30H48O5/c1-18(17-23(32)26(33)34-8)20-11-15-30(7)22-9-10-24-27(3,4)25(35-19(2)31)13-14-28(24,5)21(22)12-16-29(20,30)6/h18,20-22,24-25H,9-17H2,1-8H3/t18-,20-,21?,22?,24?,25+,28-,29-,30+/m1/s1. The van der Waals surface area contributed by atoms with Crippen molar-refractivity contribution in [3.05, 3.63) is 0 Å². The maximum Gasteiger partial charge on any atom is 0.374 e. The molecule has 0 spiro atoms. The Labute approximate surface area is 212 Å². The molecule has 9 atom stereocenters. The first-order valence-corrected chi connectivity index (χ1v) is 14.0. The quantitative estimate of drug-likeness (QED) is 0.332. The summed E-state index contributed by atoms with van der Waals surface area (Å²) in [5.74, 6) is 1.36. The van der Waals surface area contributed by atoms with Crippen molar-refractivity contribution in [2.75, 3.05) is 7.11 Å². The van der Waals surface area contributed by atoms with Gasteiger partial charge in [-0.1, -0.05) is 41.5 Å². The highest BCUT2D eigenvalue weighted by Gasteiger charge is 2.67. The second-order valence-corrected chi connectivity index (χ2v) is 13.9. The summed E-state index contributed by atoms with van der Waals surface area (Å²) in [6, 6.07) is 0. The smallest absolute Gasteiger partial charge is 0.374 e. The van der Waals surface area contributed by atoms with E-state index in [4.69, 9.17) is 4.74 Å². The van der Waals surface area contributed by atoms with E-state index in [1.807, 2.05) is 0 Å². The van der Waals surface area contributed by atoms with E-state index >= 15 is 0 Å². The summed E-state index contributed by atoms with van der Waals surface area (Å²) in [7, 11) is 1.29. The summed E-state index contributed by atoms with van der Waals surface area (Å²) in [5, 5.41) is 0. The number of methoxy groups -OCH3 is 1. The summed E-state index contributed by atoms with van der Waals surface area (Å²) in [6.07, 6.45) is 9.66. The van der Waals surface area contributed by atoms with Crippen LogP contribution < -0.4 is 0 Å². The van der Waals surface area contributed by atoms with Crippen LogP contribution in [0.4, 0.5) is 0 Å². The van der Waals surface area contributed by atoms with Crippen molar-refractivity contribution in [3.8, 4) is 0 Å². The van der Waals surface area contributed by atoms with Gasteiger partial charge in [0.2, 0.25) is 5.78 Å². The lowest BCUT2D eigenvalue weighted by atomic mass is 9.38. The molecule has 4 aliphatic rings. The zero-order chi connectivity index (χ0) is 26.0. The van der Waals surface area contributed by atoms with Crippen LogP contribution in [0.25, 0.3) is 0 Å². The molecular formula is C30H48O5. The van der Waals surface area contributed by atoms with Crippen LogP contribution in [-0.2, 0) is 23.9 Å². The minimum absolute atomic E-state index is 0.00767.